The van der Waals surface area contributed by atoms with E-state index in [-0.39, 0.29) is 41.9 Å². The van der Waals surface area contributed by atoms with Crippen molar-refractivity contribution in [1.82, 2.24) is 0 Å². The highest BCUT2D eigenvalue weighted by Gasteiger charge is 2.28. The number of halogens is 4. The van der Waals surface area contributed by atoms with Crippen molar-refractivity contribution in [2.75, 3.05) is 13.2 Å². The summed E-state index contributed by atoms with van der Waals surface area (Å²) in [6, 6.07) is 6.30. The molecule has 0 bridgehead atoms. The number of hydrogen-bond acceptors (Lipinski definition) is 2. The van der Waals surface area contributed by atoms with Crippen LogP contribution in [0, 0.1) is 35.1 Å². The predicted molar refractivity (Wildman–Crippen MR) is 129 cm³/mol. The highest BCUT2D eigenvalue weighted by molar-refractivity contribution is 5.52. The lowest BCUT2D eigenvalue weighted by Gasteiger charge is -2.28. The van der Waals surface area contributed by atoms with E-state index >= 15 is 0 Å². The molecule has 4 rings (SSSR count). The maximum Gasteiger partial charge on any atom is 0.200 e. The molecule has 0 N–H and O–H groups in total. The third kappa shape index (κ3) is 5.74. The monoisotopic (exact) mass is 490 g/mol. The minimum Gasteiger partial charge on any atom is -0.491 e. The second-order valence-corrected chi connectivity index (χ2v) is 9.73. The Hall–Kier alpha value is -2.34. The smallest absolute Gasteiger partial charge is 0.200 e. The first-order valence-corrected chi connectivity index (χ1v) is 12.8. The lowest BCUT2D eigenvalue weighted by Crippen LogP contribution is -2.20. The predicted octanol–water partition coefficient (Wildman–Crippen LogP) is 8.51. The zero-order chi connectivity index (χ0) is 24.9. The van der Waals surface area contributed by atoms with E-state index in [1.807, 2.05) is 6.08 Å². The Bertz CT molecular complexity index is 1040. The molecule has 2 aromatic carbocycles. The van der Waals surface area contributed by atoms with Crippen LogP contribution in [0.3, 0.4) is 0 Å². The van der Waals surface area contributed by atoms with Crippen molar-refractivity contribution in [2.45, 2.75) is 70.8 Å². The van der Waals surface area contributed by atoms with Crippen LogP contribution < -0.4 is 4.74 Å². The van der Waals surface area contributed by atoms with E-state index in [1.165, 1.54) is 12.1 Å². The van der Waals surface area contributed by atoms with Gasteiger partial charge < -0.3 is 9.47 Å². The van der Waals surface area contributed by atoms with Gasteiger partial charge in [-0.3, -0.25) is 0 Å². The summed E-state index contributed by atoms with van der Waals surface area (Å²) in [5.41, 5.74) is 0.878. The summed E-state index contributed by atoms with van der Waals surface area (Å²) in [6.07, 6.45) is 9.11. The minimum absolute atomic E-state index is 0.0201. The molecule has 0 spiro atoms. The summed E-state index contributed by atoms with van der Waals surface area (Å²) in [6.45, 7) is 4.42. The van der Waals surface area contributed by atoms with Crippen LogP contribution in [0.4, 0.5) is 17.6 Å². The van der Waals surface area contributed by atoms with Crippen molar-refractivity contribution >= 4 is 6.08 Å². The van der Waals surface area contributed by atoms with Gasteiger partial charge in [-0.2, -0.15) is 4.39 Å². The van der Waals surface area contributed by atoms with Crippen molar-refractivity contribution in [3.8, 4) is 5.75 Å². The van der Waals surface area contributed by atoms with Gasteiger partial charge in [0.05, 0.1) is 19.3 Å². The van der Waals surface area contributed by atoms with Crippen LogP contribution in [0.1, 0.15) is 87.5 Å². The van der Waals surface area contributed by atoms with Gasteiger partial charge in [0.25, 0.3) is 0 Å². The van der Waals surface area contributed by atoms with Gasteiger partial charge in [0.15, 0.2) is 23.2 Å². The molecular weight excluding hydrogens is 456 g/mol. The molecular formula is C29H34F4O2. The Morgan fingerprint density at radius 2 is 1.54 bits per heavy atom. The van der Waals surface area contributed by atoms with Gasteiger partial charge in [0.1, 0.15) is 0 Å². The first kappa shape index (κ1) is 25.7. The lowest BCUT2D eigenvalue weighted by molar-refractivity contribution is -0.00732. The Labute approximate surface area is 205 Å². The van der Waals surface area contributed by atoms with E-state index in [0.717, 1.165) is 32.1 Å². The molecule has 0 radical (unpaired) electrons. The molecule has 1 aliphatic heterocycles. The number of ether oxygens (including phenoxy) is 2. The van der Waals surface area contributed by atoms with E-state index in [4.69, 9.17) is 9.47 Å². The van der Waals surface area contributed by atoms with E-state index in [2.05, 4.69) is 6.92 Å². The van der Waals surface area contributed by atoms with Crippen molar-refractivity contribution in [3.63, 3.8) is 0 Å². The lowest BCUT2D eigenvalue weighted by atomic mass is 9.77. The summed E-state index contributed by atoms with van der Waals surface area (Å²) in [7, 11) is 0. The van der Waals surface area contributed by atoms with Gasteiger partial charge in [0.2, 0.25) is 5.82 Å². The fraction of sp³-hybridized carbons (Fsp3) is 0.517. The SMILES string of the molecule is CCOc1ccc(C2CCC(/C=C/c3ccc(C4CCC(CC)CC4)c(F)c3F)CO2)c(F)c1F. The molecule has 2 aromatic rings. The molecule has 2 aliphatic rings. The molecule has 1 aliphatic carbocycles. The van der Waals surface area contributed by atoms with Crippen LogP contribution in [-0.2, 0) is 4.74 Å². The Kier molecular flexibility index (Phi) is 8.53. The third-order valence-corrected chi connectivity index (χ3v) is 7.59. The summed E-state index contributed by atoms with van der Waals surface area (Å²) in [4.78, 5) is 0. The van der Waals surface area contributed by atoms with E-state index in [0.29, 0.717) is 24.3 Å². The number of hydrogen-bond donors (Lipinski definition) is 0. The van der Waals surface area contributed by atoms with Crippen molar-refractivity contribution < 1.29 is 27.0 Å². The van der Waals surface area contributed by atoms with Crippen LogP contribution >= 0.6 is 0 Å². The molecule has 0 amide bonds. The van der Waals surface area contributed by atoms with Gasteiger partial charge in [-0.1, -0.05) is 37.6 Å². The maximum atomic E-state index is 14.9. The fourth-order valence-electron chi connectivity index (χ4n) is 5.38. The molecule has 0 aromatic heterocycles. The Morgan fingerprint density at radius 3 is 2.20 bits per heavy atom. The number of rotatable bonds is 7. The molecule has 35 heavy (non-hydrogen) atoms. The quantitative estimate of drug-likeness (QED) is 0.362. The first-order chi connectivity index (χ1) is 16.9. The molecule has 2 atom stereocenters. The van der Waals surface area contributed by atoms with E-state index in [9.17, 15) is 17.6 Å². The molecule has 1 saturated carbocycles. The Balaban J connectivity index is 1.37. The highest BCUT2D eigenvalue weighted by atomic mass is 19.2. The van der Waals surface area contributed by atoms with Crippen LogP contribution in [0.25, 0.3) is 6.08 Å². The molecule has 2 unspecified atom stereocenters. The van der Waals surface area contributed by atoms with Crippen molar-refractivity contribution in [3.05, 3.63) is 70.3 Å². The van der Waals surface area contributed by atoms with E-state index in [1.54, 1.807) is 25.1 Å². The average Bonchev–Trinajstić information content (AvgIpc) is 2.88. The van der Waals surface area contributed by atoms with Gasteiger partial charge in [-0.15, -0.1) is 0 Å². The normalized spacial score (nSPS) is 25.2. The summed E-state index contributed by atoms with van der Waals surface area (Å²) in [5, 5.41) is 0. The van der Waals surface area contributed by atoms with Crippen LogP contribution in [-0.4, -0.2) is 13.2 Å². The fourth-order valence-corrected chi connectivity index (χ4v) is 5.38. The number of benzene rings is 2. The largest absolute Gasteiger partial charge is 0.491 e. The van der Waals surface area contributed by atoms with Gasteiger partial charge >= 0.3 is 0 Å². The topological polar surface area (TPSA) is 18.5 Å². The zero-order valence-corrected chi connectivity index (χ0v) is 20.5. The average molecular weight is 491 g/mol. The summed E-state index contributed by atoms with van der Waals surface area (Å²) in [5.74, 6) is -2.85. The van der Waals surface area contributed by atoms with Crippen LogP contribution in [0.15, 0.2) is 30.3 Å². The van der Waals surface area contributed by atoms with Crippen molar-refractivity contribution in [2.24, 2.45) is 11.8 Å². The standard InChI is InChI=1S/C29H34F4O2/c1-3-18-5-9-20(10-6-18)22-13-12-21(26(30)27(22)31)11-7-19-8-15-24(35-17-19)23-14-16-25(34-4-2)29(33)28(23)32/h7,11-14,16,18-20,24H,3-6,8-10,15,17H2,1-2H3/b11-7+. The zero-order valence-electron chi connectivity index (χ0n) is 20.5. The second-order valence-electron chi connectivity index (χ2n) is 9.73. The third-order valence-electron chi connectivity index (χ3n) is 7.59. The molecule has 2 fully saturated rings. The maximum absolute atomic E-state index is 14.9. The summed E-state index contributed by atoms with van der Waals surface area (Å²) >= 11 is 0. The van der Waals surface area contributed by atoms with Crippen LogP contribution in [0.2, 0.25) is 0 Å². The molecule has 6 heteroatoms. The van der Waals surface area contributed by atoms with Gasteiger partial charge in [-0.25, -0.2) is 13.2 Å². The van der Waals surface area contributed by atoms with Gasteiger partial charge in [-0.05, 0) is 75.0 Å². The molecule has 1 heterocycles. The highest BCUT2D eigenvalue weighted by Crippen LogP contribution is 2.39. The molecule has 190 valence electrons. The molecule has 2 nitrogen and oxygen atoms in total. The minimum atomic E-state index is -1.01. The van der Waals surface area contributed by atoms with Crippen LogP contribution in [0.5, 0.6) is 5.75 Å². The summed E-state index contributed by atoms with van der Waals surface area (Å²) < 4.78 is 69.3. The Morgan fingerprint density at radius 1 is 0.829 bits per heavy atom. The second kappa shape index (κ2) is 11.6. The first-order valence-electron chi connectivity index (χ1n) is 12.8. The van der Waals surface area contributed by atoms with Gasteiger partial charge in [0, 0.05) is 17.0 Å². The van der Waals surface area contributed by atoms with Crippen molar-refractivity contribution in [1.29, 1.82) is 0 Å². The van der Waals surface area contributed by atoms with E-state index < -0.39 is 29.4 Å². The molecule has 1 saturated heterocycles.